The largest absolute Gasteiger partial charge is 0.481 e. The van der Waals surface area contributed by atoms with Crippen molar-refractivity contribution in [3.05, 3.63) is 53.6 Å². The van der Waals surface area contributed by atoms with E-state index < -0.39 is 23.7 Å². The van der Waals surface area contributed by atoms with Gasteiger partial charge >= 0.3 is 5.97 Å². The van der Waals surface area contributed by atoms with Crippen LogP contribution in [-0.4, -0.2) is 23.8 Å². The van der Waals surface area contributed by atoms with E-state index in [0.29, 0.717) is 23.6 Å². The third-order valence-corrected chi connectivity index (χ3v) is 4.49. The summed E-state index contributed by atoms with van der Waals surface area (Å²) >= 11 is 0. The Hall–Kier alpha value is -3.02. The van der Waals surface area contributed by atoms with Crippen molar-refractivity contribution in [2.75, 3.05) is 12.1 Å². The highest BCUT2D eigenvalue weighted by molar-refractivity contribution is 6.06. The summed E-state index contributed by atoms with van der Waals surface area (Å²) in [6, 6.07) is 12.7. The molecule has 2 aliphatic rings. The van der Waals surface area contributed by atoms with Crippen LogP contribution in [0.25, 0.3) is 0 Å². The number of anilines is 1. The first-order chi connectivity index (χ1) is 11.6. The number of nitrogens with one attached hydrogen (secondary N) is 1. The lowest BCUT2D eigenvalue weighted by Crippen LogP contribution is -2.33. The zero-order valence-electron chi connectivity index (χ0n) is 12.7. The quantitative estimate of drug-likeness (QED) is 0.828. The third-order valence-electron chi connectivity index (χ3n) is 4.49. The maximum Gasteiger partial charge on any atom is 0.316 e. The number of benzene rings is 2. The van der Waals surface area contributed by atoms with Gasteiger partial charge in [0.25, 0.3) is 0 Å². The molecule has 0 unspecified atom stereocenters. The van der Waals surface area contributed by atoms with E-state index in [1.807, 2.05) is 18.2 Å². The molecule has 4 rings (SSSR count). The lowest BCUT2D eigenvalue weighted by Gasteiger charge is -2.21. The second-order valence-electron chi connectivity index (χ2n) is 5.89. The van der Waals surface area contributed by atoms with Crippen molar-refractivity contribution >= 4 is 17.6 Å². The number of carbonyl (C=O) groups excluding carboxylic acids is 1. The van der Waals surface area contributed by atoms with Gasteiger partial charge in [-0.3, -0.25) is 9.59 Å². The molecule has 2 aromatic rings. The summed E-state index contributed by atoms with van der Waals surface area (Å²) in [5.74, 6) is -2.09. The minimum absolute atomic E-state index is 0.148. The fourth-order valence-corrected chi connectivity index (χ4v) is 3.31. The van der Waals surface area contributed by atoms with Gasteiger partial charge in [0, 0.05) is 11.6 Å². The summed E-state index contributed by atoms with van der Waals surface area (Å²) < 4.78 is 10.7. The Morgan fingerprint density at radius 3 is 2.75 bits per heavy atom. The Labute approximate surface area is 138 Å². The highest BCUT2D eigenvalue weighted by Gasteiger charge is 2.39. The van der Waals surface area contributed by atoms with Gasteiger partial charge in [-0.1, -0.05) is 24.3 Å². The molecule has 122 valence electrons. The van der Waals surface area contributed by atoms with Crippen LogP contribution in [0.3, 0.4) is 0 Å². The standard InChI is InChI=1S/C18H15NO5/c20-17-16(18(21)22)12(7-11-3-1-2-4-13(11)19-17)10-5-6-14-15(8-10)24-9-23-14/h1-6,8,12,16H,7,9H2,(H,19,20)(H,21,22)/t12-,16-/m1/s1. The Morgan fingerprint density at radius 1 is 1.12 bits per heavy atom. The van der Waals surface area contributed by atoms with E-state index in [1.54, 1.807) is 24.3 Å². The van der Waals surface area contributed by atoms with Crippen molar-refractivity contribution in [3.63, 3.8) is 0 Å². The molecule has 0 radical (unpaired) electrons. The first kappa shape index (κ1) is 14.6. The molecule has 2 heterocycles. The Balaban J connectivity index is 1.80. The molecule has 0 saturated heterocycles. The average Bonchev–Trinajstić information content (AvgIpc) is 2.96. The predicted octanol–water partition coefficient (Wildman–Crippen LogP) is 2.39. The number of amides is 1. The summed E-state index contributed by atoms with van der Waals surface area (Å²) in [6.07, 6.45) is 0.450. The van der Waals surface area contributed by atoms with Crippen LogP contribution in [0.2, 0.25) is 0 Å². The molecule has 0 saturated carbocycles. The highest BCUT2D eigenvalue weighted by Crippen LogP contribution is 2.40. The summed E-state index contributed by atoms with van der Waals surface area (Å²) in [4.78, 5) is 24.3. The van der Waals surface area contributed by atoms with E-state index in [1.165, 1.54) is 0 Å². The Bertz CT molecular complexity index is 832. The molecule has 6 nitrogen and oxygen atoms in total. The molecule has 2 atom stereocenters. The molecule has 6 heteroatoms. The summed E-state index contributed by atoms with van der Waals surface area (Å²) in [6.45, 7) is 0.148. The minimum atomic E-state index is -1.17. The molecule has 24 heavy (non-hydrogen) atoms. The SMILES string of the molecule is O=C(O)[C@H]1C(=O)Nc2ccccc2C[C@@H]1c1ccc2c(c1)OCO2. The number of fused-ring (bicyclic) bond motifs is 2. The van der Waals surface area contributed by atoms with Crippen LogP contribution >= 0.6 is 0 Å². The van der Waals surface area contributed by atoms with Crippen LogP contribution in [0.5, 0.6) is 11.5 Å². The van der Waals surface area contributed by atoms with Crippen molar-refractivity contribution in [3.8, 4) is 11.5 Å². The number of hydrogen-bond acceptors (Lipinski definition) is 4. The van der Waals surface area contributed by atoms with E-state index >= 15 is 0 Å². The van der Waals surface area contributed by atoms with Crippen LogP contribution in [0.15, 0.2) is 42.5 Å². The molecule has 0 bridgehead atoms. The lowest BCUT2D eigenvalue weighted by molar-refractivity contribution is -0.146. The predicted molar refractivity (Wildman–Crippen MR) is 85.2 cm³/mol. The molecule has 0 spiro atoms. The van der Waals surface area contributed by atoms with Gasteiger partial charge < -0.3 is 19.9 Å². The Morgan fingerprint density at radius 2 is 1.92 bits per heavy atom. The second-order valence-corrected chi connectivity index (χ2v) is 5.89. The van der Waals surface area contributed by atoms with Crippen molar-refractivity contribution in [2.45, 2.75) is 12.3 Å². The monoisotopic (exact) mass is 325 g/mol. The van der Waals surface area contributed by atoms with Gasteiger partial charge in [-0.25, -0.2) is 0 Å². The number of carboxylic acids is 1. The third kappa shape index (κ3) is 2.36. The summed E-state index contributed by atoms with van der Waals surface area (Å²) in [7, 11) is 0. The Kier molecular flexibility index (Phi) is 3.37. The van der Waals surface area contributed by atoms with Crippen LogP contribution in [0, 0.1) is 5.92 Å². The van der Waals surface area contributed by atoms with Crippen molar-refractivity contribution in [2.24, 2.45) is 5.92 Å². The number of aliphatic carboxylic acids is 1. The van der Waals surface area contributed by atoms with Gasteiger partial charge in [0.15, 0.2) is 11.5 Å². The first-order valence-electron chi connectivity index (χ1n) is 7.64. The van der Waals surface area contributed by atoms with Gasteiger partial charge in [0.05, 0.1) is 0 Å². The molecule has 2 aliphatic heterocycles. The highest BCUT2D eigenvalue weighted by atomic mass is 16.7. The van der Waals surface area contributed by atoms with Gasteiger partial charge in [-0.2, -0.15) is 0 Å². The maximum absolute atomic E-state index is 12.5. The fraction of sp³-hybridized carbons (Fsp3) is 0.222. The number of hydrogen-bond donors (Lipinski definition) is 2. The van der Waals surface area contributed by atoms with E-state index in [2.05, 4.69) is 5.32 Å². The lowest BCUT2D eigenvalue weighted by atomic mass is 9.81. The van der Waals surface area contributed by atoms with Gasteiger partial charge in [-0.15, -0.1) is 0 Å². The van der Waals surface area contributed by atoms with Gasteiger partial charge in [-0.05, 0) is 35.7 Å². The van der Waals surface area contributed by atoms with Crippen LogP contribution in [0.1, 0.15) is 17.0 Å². The molecule has 0 aromatic heterocycles. The second kappa shape index (κ2) is 5.56. The zero-order chi connectivity index (χ0) is 16.7. The number of carboxylic acid groups (broad SMARTS) is 1. The topological polar surface area (TPSA) is 84.9 Å². The van der Waals surface area contributed by atoms with E-state index in [0.717, 1.165) is 11.1 Å². The number of carbonyl (C=O) groups is 2. The van der Waals surface area contributed by atoms with Crippen molar-refractivity contribution in [1.82, 2.24) is 0 Å². The van der Waals surface area contributed by atoms with Crippen LogP contribution in [-0.2, 0) is 16.0 Å². The smallest absolute Gasteiger partial charge is 0.316 e. The minimum Gasteiger partial charge on any atom is -0.481 e. The van der Waals surface area contributed by atoms with E-state index in [9.17, 15) is 14.7 Å². The van der Waals surface area contributed by atoms with Crippen LogP contribution in [0.4, 0.5) is 5.69 Å². The van der Waals surface area contributed by atoms with E-state index in [-0.39, 0.29) is 6.79 Å². The molecule has 1 amide bonds. The molecule has 2 N–H and O–H groups in total. The normalized spacial score (nSPS) is 21.6. The fourth-order valence-electron chi connectivity index (χ4n) is 3.31. The van der Waals surface area contributed by atoms with Crippen LogP contribution < -0.4 is 14.8 Å². The molecular weight excluding hydrogens is 310 g/mol. The molecular formula is C18H15NO5. The van der Waals surface area contributed by atoms with Gasteiger partial charge in [0.1, 0.15) is 5.92 Å². The first-order valence-corrected chi connectivity index (χ1v) is 7.64. The van der Waals surface area contributed by atoms with Gasteiger partial charge in [0.2, 0.25) is 12.7 Å². The molecule has 0 fully saturated rings. The zero-order valence-corrected chi connectivity index (χ0v) is 12.7. The van der Waals surface area contributed by atoms with E-state index in [4.69, 9.17) is 9.47 Å². The molecule has 2 aromatic carbocycles. The number of rotatable bonds is 2. The maximum atomic E-state index is 12.5. The summed E-state index contributed by atoms with van der Waals surface area (Å²) in [5, 5.41) is 12.4. The number of para-hydroxylation sites is 1. The summed E-state index contributed by atoms with van der Waals surface area (Å²) in [5.41, 5.74) is 2.33. The average molecular weight is 325 g/mol. The number of ether oxygens (including phenoxy) is 2. The van der Waals surface area contributed by atoms with Crippen molar-refractivity contribution < 1.29 is 24.2 Å². The molecule has 0 aliphatic carbocycles. The van der Waals surface area contributed by atoms with Crippen molar-refractivity contribution in [1.29, 1.82) is 0 Å².